The molecule has 8 fully saturated rings. The molecule has 8 aliphatic heterocycles. The normalized spacial score (nSPS) is 33.7. The van der Waals surface area contributed by atoms with Gasteiger partial charge in [-0.05, 0) is 48.5 Å². The molecule has 16 atom stereocenters. The number of halogens is 1. The zero-order valence-electron chi connectivity index (χ0n) is 39.1. The Bertz CT molecular complexity index is 2250. The summed E-state index contributed by atoms with van der Waals surface area (Å²) in [6.45, 7) is 13.9. The zero-order valence-corrected chi connectivity index (χ0v) is 39.9. The second kappa shape index (κ2) is 25.8. The smallest absolute Gasteiger partial charge is 0.338 e. The van der Waals surface area contributed by atoms with Gasteiger partial charge in [0, 0.05) is 11.8 Å². The van der Waals surface area contributed by atoms with E-state index in [1.807, 2.05) is 12.1 Å². The van der Waals surface area contributed by atoms with Gasteiger partial charge in [-0.25, -0.2) is 19.2 Å². The topological polar surface area (TPSA) is 297 Å². The summed E-state index contributed by atoms with van der Waals surface area (Å²) in [6.07, 6.45) is -4.50. The van der Waals surface area contributed by atoms with Crippen molar-refractivity contribution in [1.82, 2.24) is 0 Å². The standard InChI is InChI=1S/C15H15NO4.C14H13NO5.C8H5NO2.C7H12O3.C6H10O4.ClH/c1-9-7-18-14-12(8-19-13(9)14)20-15(17)11-4-2-10(6-16)3-5-11;15-5-8-1-3-9(4-2-8)14(17)20-11-7-19-12-10(16)6-18-13(11)12;1-9-7-4-2-6(3-5-7)8(10)11;1-4-2-9-7-5(8)3-10-6(4)7;7-3-1-9-6-4(8)2-10-5(3)6;/h2-5,9,12-14H,7-8H2,1H3;1-4,10-13,16H,6-7H2;2-5H,(H,10,11);4-8H,2-3H2,1H3;3-8H,1-2H2;1H/t9-,12?,13?,14?;;;4-,5+,6?,7?;3-,4+,5?,6?;/m0..0../s1. The molecule has 72 heavy (non-hydrogen) atoms. The number of aliphatic hydroxyl groups excluding tert-OH is 4. The van der Waals surface area contributed by atoms with Crippen LogP contribution in [0.2, 0.25) is 0 Å². The average molecular weight is 1020 g/mol. The van der Waals surface area contributed by atoms with Crippen molar-refractivity contribution < 1.29 is 87.3 Å². The Morgan fingerprint density at radius 1 is 0.500 bits per heavy atom. The van der Waals surface area contributed by atoms with E-state index in [4.69, 9.17) is 79.8 Å². The maximum absolute atomic E-state index is 12.1. The van der Waals surface area contributed by atoms with Gasteiger partial charge in [-0.3, -0.25) is 0 Å². The number of carbonyl (C=O) groups is 3. The molecule has 0 radical (unpaired) electrons. The summed E-state index contributed by atoms with van der Waals surface area (Å²) in [7, 11) is 0. The van der Waals surface area contributed by atoms with E-state index >= 15 is 0 Å². The van der Waals surface area contributed by atoms with Gasteiger partial charge < -0.3 is 72.9 Å². The Balaban J connectivity index is 0.000000152. The summed E-state index contributed by atoms with van der Waals surface area (Å²) >= 11 is 0. The van der Waals surface area contributed by atoms with Crippen LogP contribution in [0.5, 0.6) is 0 Å². The highest BCUT2D eigenvalue weighted by Crippen LogP contribution is 2.34. The van der Waals surface area contributed by atoms with Crippen LogP contribution in [0.15, 0.2) is 72.8 Å². The van der Waals surface area contributed by atoms with E-state index in [0.29, 0.717) is 59.6 Å². The molecule has 3 aromatic rings. The molecule has 0 aliphatic carbocycles. The summed E-state index contributed by atoms with van der Waals surface area (Å²) < 4.78 is 53.6. The SMILES string of the molecule is C[C@H]1COC2C(OC(=O)c3ccc(C#N)cc3)COC21.C[C@H]1COC2C1OC[C@H]2O.Cl.N#Cc1ccc(C(=O)OC2COC3C(O)COC23)cc1.O[C@@H]1COC2C1OC[C@@H]2O.[C-]#[N+]c1ccc(C(=O)O)cc1. The zero-order chi connectivity index (χ0) is 50.8. The fraction of sp³-hybridized carbons (Fsp3) is 0.520. The van der Waals surface area contributed by atoms with Crippen molar-refractivity contribution in [2.75, 3.05) is 52.9 Å². The molecule has 0 aromatic heterocycles. The minimum atomic E-state index is -0.971. The summed E-state index contributed by atoms with van der Waals surface area (Å²) in [6, 6.07) is 22.3. The van der Waals surface area contributed by atoms with Crippen LogP contribution in [-0.4, -0.2) is 182 Å². The fourth-order valence-electron chi connectivity index (χ4n) is 8.88. The Morgan fingerprint density at radius 2 is 0.806 bits per heavy atom. The number of benzene rings is 3. The third-order valence-electron chi connectivity index (χ3n) is 12.8. The predicted octanol–water partition coefficient (Wildman–Crippen LogP) is 2.40. The first-order valence-corrected chi connectivity index (χ1v) is 23.0. The van der Waals surface area contributed by atoms with Gasteiger partial charge in [0.2, 0.25) is 0 Å². The number of carboxylic acid groups (broad SMARTS) is 1. The number of aliphatic hydroxyl groups is 4. The molecule has 386 valence electrons. The van der Waals surface area contributed by atoms with Crippen LogP contribution in [0, 0.1) is 41.1 Å². The summed E-state index contributed by atoms with van der Waals surface area (Å²) in [4.78, 5) is 37.5. The molecule has 0 saturated carbocycles. The molecule has 3 aromatic carbocycles. The maximum Gasteiger partial charge on any atom is 0.338 e. The molecular weight excluding hydrogens is 966 g/mol. The largest absolute Gasteiger partial charge is 0.478 e. The van der Waals surface area contributed by atoms with E-state index in [1.165, 1.54) is 24.3 Å². The number of hydrogen-bond acceptors (Lipinski definition) is 19. The average Bonchev–Trinajstić information content (AvgIpc) is 4.28. The van der Waals surface area contributed by atoms with Crippen molar-refractivity contribution >= 4 is 36.0 Å². The quantitative estimate of drug-likeness (QED) is 0.181. The second-order valence-corrected chi connectivity index (χ2v) is 17.8. The number of fused-ring (bicyclic) bond motifs is 4. The number of nitrogens with zero attached hydrogens (tertiary/aromatic N) is 3. The van der Waals surface area contributed by atoms with Gasteiger partial charge >= 0.3 is 17.9 Å². The van der Waals surface area contributed by atoms with Crippen molar-refractivity contribution in [2.45, 2.75) is 99.3 Å². The summed E-state index contributed by atoms with van der Waals surface area (Å²) in [5.74, 6) is -1.09. The fourth-order valence-corrected chi connectivity index (χ4v) is 8.88. The van der Waals surface area contributed by atoms with Gasteiger partial charge in [0.1, 0.15) is 61.0 Å². The van der Waals surface area contributed by atoms with E-state index in [1.54, 1.807) is 48.5 Å². The molecule has 0 bridgehead atoms. The number of hydrogen-bond donors (Lipinski definition) is 5. The molecule has 0 amide bonds. The molecule has 22 heteroatoms. The lowest BCUT2D eigenvalue weighted by Crippen LogP contribution is -2.34. The number of aromatic carboxylic acids is 1. The minimum Gasteiger partial charge on any atom is -0.478 e. The molecular formula is C50H56ClN3O18. The lowest BCUT2D eigenvalue weighted by Gasteiger charge is -2.16. The van der Waals surface area contributed by atoms with E-state index in [9.17, 15) is 24.6 Å². The molecule has 21 nitrogen and oxygen atoms in total. The van der Waals surface area contributed by atoms with Gasteiger partial charge in [0.25, 0.3) is 0 Å². The highest BCUT2D eigenvalue weighted by molar-refractivity contribution is 5.90. The number of carbonyl (C=O) groups excluding carboxylic acids is 2. The van der Waals surface area contributed by atoms with Crippen LogP contribution in [0.3, 0.4) is 0 Å². The van der Waals surface area contributed by atoms with E-state index < -0.39 is 60.6 Å². The first-order chi connectivity index (χ1) is 34.2. The second-order valence-electron chi connectivity index (χ2n) is 17.8. The Hall–Kier alpha value is -5.65. The molecule has 11 unspecified atom stereocenters. The van der Waals surface area contributed by atoms with Gasteiger partial charge in [-0.1, -0.05) is 38.1 Å². The van der Waals surface area contributed by atoms with Crippen molar-refractivity contribution in [3.63, 3.8) is 0 Å². The van der Waals surface area contributed by atoms with Gasteiger partial charge in [0.05, 0.1) is 112 Å². The third kappa shape index (κ3) is 13.5. The van der Waals surface area contributed by atoms with Crippen LogP contribution in [0.4, 0.5) is 5.69 Å². The Morgan fingerprint density at radius 3 is 1.21 bits per heavy atom. The van der Waals surface area contributed by atoms with Crippen LogP contribution in [0.1, 0.15) is 56.0 Å². The lowest BCUT2D eigenvalue weighted by molar-refractivity contribution is -0.0209. The van der Waals surface area contributed by atoms with E-state index in [2.05, 4.69) is 18.7 Å². The van der Waals surface area contributed by atoms with Gasteiger partial charge in [0.15, 0.2) is 17.9 Å². The van der Waals surface area contributed by atoms with Gasteiger partial charge in [-0.2, -0.15) is 10.5 Å². The van der Waals surface area contributed by atoms with Crippen molar-refractivity contribution in [3.8, 4) is 12.1 Å². The number of ether oxygens (including phenoxy) is 10. The molecule has 11 rings (SSSR count). The number of nitriles is 2. The van der Waals surface area contributed by atoms with Crippen molar-refractivity contribution in [2.24, 2.45) is 11.8 Å². The minimum absolute atomic E-state index is 0. The first-order valence-electron chi connectivity index (χ1n) is 23.0. The Labute approximate surface area is 420 Å². The van der Waals surface area contributed by atoms with E-state index in [-0.39, 0.29) is 87.1 Å². The number of esters is 2. The van der Waals surface area contributed by atoms with Crippen LogP contribution < -0.4 is 0 Å². The molecule has 8 saturated heterocycles. The van der Waals surface area contributed by atoms with Crippen molar-refractivity contribution in [1.29, 1.82) is 10.5 Å². The van der Waals surface area contributed by atoms with Crippen molar-refractivity contribution in [3.05, 3.63) is 112 Å². The number of carboxylic acids is 1. The lowest BCUT2D eigenvalue weighted by atomic mass is 10.0. The molecule has 0 spiro atoms. The summed E-state index contributed by atoms with van der Waals surface area (Å²) in [5, 5.41) is 63.1. The predicted molar refractivity (Wildman–Crippen MR) is 248 cm³/mol. The van der Waals surface area contributed by atoms with E-state index in [0.717, 1.165) is 6.61 Å². The highest BCUT2D eigenvalue weighted by Gasteiger charge is 2.50. The molecule has 8 aliphatic rings. The van der Waals surface area contributed by atoms with Crippen LogP contribution >= 0.6 is 12.4 Å². The highest BCUT2D eigenvalue weighted by atomic mass is 35.5. The Kier molecular flexibility index (Phi) is 20.0. The third-order valence-corrected chi connectivity index (χ3v) is 12.8. The van der Waals surface area contributed by atoms with Crippen LogP contribution in [-0.2, 0) is 47.4 Å². The monoisotopic (exact) mass is 1020 g/mol. The van der Waals surface area contributed by atoms with Crippen LogP contribution in [0.25, 0.3) is 4.85 Å². The molecule has 5 N–H and O–H groups in total. The molecule has 8 heterocycles. The first kappa shape index (κ1) is 55.7. The maximum atomic E-state index is 12.1. The summed E-state index contributed by atoms with van der Waals surface area (Å²) in [5.41, 5.74) is 2.45. The number of rotatable bonds is 5. The van der Waals surface area contributed by atoms with Gasteiger partial charge in [-0.15, -0.1) is 12.4 Å².